The molecule has 5 rings (SSSR count). The minimum atomic E-state index is -0.559. The van der Waals surface area contributed by atoms with Gasteiger partial charge in [-0.15, -0.1) is 0 Å². The van der Waals surface area contributed by atoms with Crippen LogP contribution in [-0.2, 0) is 15.1 Å². The Morgan fingerprint density at radius 2 is 1.69 bits per heavy atom. The van der Waals surface area contributed by atoms with E-state index < -0.39 is 5.60 Å². The Kier molecular flexibility index (Phi) is 9.17. The predicted molar refractivity (Wildman–Crippen MR) is 160 cm³/mol. The molecular weight excluding hydrogens is 549 g/mol. The van der Waals surface area contributed by atoms with Crippen LogP contribution in [0.3, 0.4) is 0 Å². The van der Waals surface area contributed by atoms with E-state index >= 15 is 0 Å². The molecule has 202 valence electrons. The Morgan fingerprint density at radius 3 is 2.36 bits per heavy atom. The van der Waals surface area contributed by atoms with Gasteiger partial charge in [0, 0.05) is 34.9 Å². The van der Waals surface area contributed by atoms with Gasteiger partial charge in [-0.25, -0.2) is 0 Å². The van der Waals surface area contributed by atoms with Crippen molar-refractivity contribution in [2.75, 3.05) is 36.5 Å². The highest BCUT2D eigenvalue weighted by atomic mass is 35.5. The van der Waals surface area contributed by atoms with Crippen molar-refractivity contribution in [3.8, 4) is 17.2 Å². The number of hydrogen-bond donors (Lipinski definition) is 1. The van der Waals surface area contributed by atoms with Gasteiger partial charge >= 0.3 is 0 Å². The number of rotatable bonds is 7. The van der Waals surface area contributed by atoms with Gasteiger partial charge in [-0.1, -0.05) is 59.6 Å². The third kappa shape index (κ3) is 6.98. The summed E-state index contributed by atoms with van der Waals surface area (Å²) in [5.41, 5.74) is 3.73. The summed E-state index contributed by atoms with van der Waals surface area (Å²) in [5.74, 6) is 2.21. The smallest absolute Gasteiger partial charge is 0.250 e. The molecule has 0 unspecified atom stereocenters. The van der Waals surface area contributed by atoms with Crippen molar-refractivity contribution in [1.29, 1.82) is 5.26 Å². The van der Waals surface area contributed by atoms with Crippen molar-refractivity contribution in [1.82, 2.24) is 4.90 Å². The number of piperidine rings is 1. The molecule has 1 N–H and O–H groups in total. The van der Waals surface area contributed by atoms with Gasteiger partial charge in [0.1, 0.15) is 6.61 Å². The molecule has 1 amide bonds. The summed E-state index contributed by atoms with van der Waals surface area (Å²) in [6, 6.07) is 23.8. The number of amides is 1. The average molecular weight is 581 g/mol. The summed E-state index contributed by atoms with van der Waals surface area (Å²) in [7, 11) is 0. The molecule has 0 aromatic heterocycles. The van der Waals surface area contributed by atoms with E-state index in [1.165, 1.54) is 24.3 Å². The molecule has 3 aromatic carbocycles. The standard InChI is InChI=1S/C31H31Cl2N3O2S/c32-26-17-27(33)19-28(18-26)35-30(37)21-38-31(10-12-36(13-11-31)29-8-14-39-15-9-29)25-6-4-23(5-7-25)24-3-1-2-22(16-24)20-34/h1-7,16-19,29H,8-15,21H2,(H,35,37). The Hall–Kier alpha value is -2.53. The van der Waals surface area contributed by atoms with Crippen LogP contribution >= 0.6 is 35.0 Å². The summed E-state index contributed by atoms with van der Waals surface area (Å²) in [4.78, 5) is 15.5. The fraction of sp³-hybridized carbons (Fsp3) is 0.355. The first kappa shape index (κ1) is 28.0. The molecule has 0 spiro atoms. The maximum absolute atomic E-state index is 12.9. The summed E-state index contributed by atoms with van der Waals surface area (Å²) in [5, 5.41) is 13.1. The molecule has 0 atom stereocenters. The first-order chi connectivity index (χ1) is 18.9. The molecule has 0 aliphatic carbocycles. The van der Waals surface area contributed by atoms with E-state index in [9.17, 15) is 10.1 Å². The highest BCUT2D eigenvalue weighted by Gasteiger charge is 2.39. The van der Waals surface area contributed by atoms with Crippen LogP contribution in [0.1, 0.15) is 36.8 Å². The fourth-order valence-electron chi connectivity index (χ4n) is 5.58. The third-order valence-electron chi connectivity index (χ3n) is 7.67. The maximum atomic E-state index is 12.9. The molecule has 2 saturated heterocycles. The third-order valence-corrected chi connectivity index (χ3v) is 9.16. The second-order valence-corrected chi connectivity index (χ2v) is 12.2. The molecule has 2 aliphatic rings. The molecule has 0 radical (unpaired) electrons. The topological polar surface area (TPSA) is 65.4 Å². The van der Waals surface area contributed by atoms with Gasteiger partial charge in [-0.05, 0) is 84.2 Å². The molecule has 2 fully saturated rings. The van der Waals surface area contributed by atoms with E-state index in [4.69, 9.17) is 27.9 Å². The Balaban J connectivity index is 1.33. The summed E-state index contributed by atoms with van der Waals surface area (Å²) < 4.78 is 6.52. The number of nitrogens with zero attached hydrogens (tertiary/aromatic N) is 2. The van der Waals surface area contributed by atoms with Crippen LogP contribution < -0.4 is 5.32 Å². The number of nitrogens with one attached hydrogen (secondary N) is 1. The van der Waals surface area contributed by atoms with Crippen molar-refractivity contribution in [2.24, 2.45) is 0 Å². The van der Waals surface area contributed by atoms with E-state index in [0.717, 1.165) is 42.6 Å². The first-order valence-corrected chi connectivity index (χ1v) is 15.2. The molecular formula is C31H31Cl2N3O2S. The number of halogens is 2. The lowest BCUT2D eigenvalue weighted by molar-refractivity contribution is -0.135. The van der Waals surface area contributed by atoms with Gasteiger partial charge in [0.05, 0.1) is 17.2 Å². The van der Waals surface area contributed by atoms with Crippen LogP contribution in [0.4, 0.5) is 5.69 Å². The number of hydrogen-bond acceptors (Lipinski definition) is 5. The summed E-state index contributed by atoms with van der Waals surface area (Å²) >= 11 is 14.2. The number of likely N-dealkylation sites (tertiary alicyclic amines) is 1. The zero-order valence-corrected chi connectivity index (χ0v) is 24.0. The van der Waals surface area contributed by atoms with E-state index in [1.807, 2.05) is 36.0 Å². The lowest BCUT2D eigenvalue weighted by atomic mass is 9.82. The number of ether oxygens (including phenoxy) is 1. The van der Waals surface area contributed by atoms with Gasteiger partial charge in [0.25, 0.3) is 0 Å². The number of carbonyl (C=O) groups is 1. The Bertz CT molecular complexity index is 1320. The number of thioether (sulfide) groups is 1. The fourth-order valence-corrected chi connectivity index (χ4v) is 7.19. The number of anilines is 1. The van der Waals surface area contributed by atoms with Crippen LogP contribution in [0.25, 0.3) is 11.1 Å². The van der Waals surface area contributed by atoms with Crippen molar-refractivity contribution in [3.63, 3.8) is 0 Å². The van der Waals surface area contributed by atoms with Gasteiger partial charge in [-0.2, -0.15) is 17.0 Å². The Morgan fingerprint density at radius 1 is 1.00 bits per heavy atom. The van der Waals surface area contributed by atoms with Gasteiger partial charge in [0.15, 0.2) is 0 Å². The number of carbonyl (C=O) groups excluding carboxylic acids is 1. The van der Waals surface area contributed by atoms with Crippen LogP contribution in [0.5, 0.6) is 0 Å². The normalized spacial score (nSPS) is 17.9. The molecule has 8 heteroatoms. The number of nitriles is 1. The average Bonchev–Trinajstić information content (AvgIpc) is 2.96. The Labute approximate surface area is 244 Å². The first-order valence-electron chi connectivity index (χ1n) is 13.3. The monoisotopic (exact) mass is 579 g/mol. The van der Waals surface area contributed by atoms with Crippen LogP contribution in [0.2, 0.25) is 10.0 Å². The van der Waals surface area contributed by atoms with E-state index in [1.54, 1.807) is 18.2 Å². The molecule has 5 nitrogen and oxygen atoms in total. The van der Waals surface area contributed by atoms with Crippen LogP contribution in [0, 0.1) is 11.3 Å². The zero-order chi connectivity index (χ0) is 27.2. The van der Waals surface area contributed by atoms with Gasteiger partial charge in [0.2, 0.25) is 5.91 Å². The SMILES string of the molecule is N#Cc1cccc(-c2ccc(C3(OCC(=O)Nc4cc(Cl)cc(Cl)c4)CCN(C4CCSCC4)CC3)cc2)c1. The summed E-state index contributed by atoms with van der Waals surface area (Å²) in [6.45, 7) is 1.80. The largest absolute Gasteiger partial charge is 0.360 e. The van der Waals surface area contributed by atoms with Crippen LogP contribution in [0.15, 0.2) is 66.7 Å². The molecule has 3 aromatic rings. The highest BCUT2D eigenvalue weighted by molar-refractivity contribution is 7.99. The highest BCUT2D eigenvalue weighted by Crippen LogP contribution is 2.39. The maximum Gasteiger partial charge on any atom is 0.250 e. The minimum absolute atomic E-state index is 0.0732. The van der Waals surface area contributed by atoms with Gasteiger partial charge in [-0.3, -0.25) is 4.79 Å². The lowest BCUT2D eigenvalue weighted by Crippen LogP contribution is -2.49. The molecule has 2 heterocycles. The van der Waals surface area contributed by atoms with Crippen molar-refractivity contribution >= 4 is 46.6 Å². The van der Waals surface area contributed by atoms with E-state index in [0.29, 0.717) is 27.3 Å². The molecule has 2 aliphatic heterocycles. The number of benzene rings is 3. The molecule has 0 saturated carbocycles. The molecule has 39 heavy (non-hydrogen) atoms. The second kappa shape index (κ2) is 12.8. The predicted octanol–water partition coefficient (Wildman–Crippen LogP) is 7.37. The lowest BCUT2D eigenvalue weighted by Gasteiger charge is -2.45. The van der Waals surface area contributed by atoms with Crippen LogP contribution in [-0.4, -0.2) is 48.1 Å². The van der Waals surface area contributed by atoms with Crippen molar-refractivity contribution in [2.45, 2.75) is 37.3 Å². The van der Waals surface area contributed by atoms with Crippen molar-refractivity contribution in [3.05, 3.63) is 87.9 Å². The zero-order valence-electron chi connectivity index (χ0n) is 21.7. The molecule has 0 bridgehead atoms. The minimum Gasteiger partial charge on any atom is -0.360 e. The van der Waals surface area contributed by atoms with Gasteiger partial charge < -0.3 is 15.0 Å². The van der Waals surface area contributed by atoms with Crippen molar-refractivity contribution < 1.29 is 9.53 Å². The summed E-state index contributed by atoms with van der Waals surface area (Å²) in [6.07, 6.45) is 4.10. The van der Waals surface area contributed by atoms with E-state index in [2.05, 4.69) is 40.6 Å². The second-order valence-electron chi connectivity index (χ2n) is 10.1. The van der Waals surface area contributed by atoms with E-state index in [-0.39, 0.29) is 12.5 Å². The quantitative estimate of drug-likeness (QED) is 0.316.